The Labute approximate surface area is 180 Å². The number of nitrogens with zero attached hydrogens (tertiary/aromatic N) is 4. The van der Waals surface area contributed by atoms with E-state index in [1.54, 1.807) is 13.0 Å². The van der Waals surface area contributed by atoms with Crippen LogP contribution in [0.15, 0.2) is 54.6 Å². The number of aryl methyl sites for hydroxylation is 1. The standard InChI is InChI=1S/C22H23ClN4O3/c1-16-24-21(25-27(16)20-10-6-5-9-19(20)23)22(28)30-15-18-14-26(11-12-29-18)13-17-7-3-2-4-8-17/h2-10,18H,11-15H2,1H3. The third-order valence-electron chi connectivity index (χ3n) is 4.90. The van der Waals surface area contributed by atoms with Crippen LogP contribution in [0, 0.1) is 6.92 Å². The number of hydrogen-bond acceptors (Lipinski definition) is 6. The molecule has 1 unspecified atom stereocenters. The first-order valence-corrected chi connectivity index (χ1v) is 10.2. The Morgan fingerprint density at radius 2 is 1.97 bits per heavy atom. The molecule has 2 aromatic carbocycles. The SMILES string of the molecule is Cc1nc(C(=O)OCC2CN(Cc3ccccc3)CCO2)nn1-c1ccccc1Cl. The fourth-order valence-electron chi connectivity index (χ4n) is 3.43. The Hall–Kier alpha value is -2.74. The minimum Gasteiger partial charge on any atom is -0.457 e. The molecule has 3 aromatic rings. The molecule has 156 valence electrons. The van der Waals surface area contributed by atoms with Crippen LogP contribution in [0.2, 0.25) is 5.02 Å². The summed E-state index contributed by atoms with van der Waals surface area (Å²) in [7, 11) is 0. The van der Waals surface area contributed by atoms with Crippen molar-refractivity contribution < 1.29 is 14.3 Å². The second-order valence-electron chi connectivity index (χ2n) is 7.16. The number of esters is 1. The second kappa shape index (κ2) is 9.38. The lowest BCUT2D eigenvalue weighted by atomic mass is 10.2. The van der Waals surface area contributed by atoms with Crippen molar-refractivity contribution >= 4 is 17.6 Å². The number of carbonyl (C=O) groups excluding carboxylic acids is 1. The van der Waals surface area contributed by atoms with Gasteiger partial charge < -0.3 is 9.47 Å². The zero-order chi connectivity index (χ0) is 20.9. The monoisotopic (exact) mass is 426 g/mol. The minimum absolute atomic E-state index is 0.00405. The molecule has 7 nitrogen and oxygen atoms in total. The van der Waals surface area contributed by atoms with Crippen LogP contribution in [0.1, 0.15) is 22.0 Å². The molecule has 8 heteroatoms. The fourth-order valence-corrected chi connectivity index (χ4v) is 3.64. The summed E-state index contributed by atoms with van der Waals surface area (Å²) >= 11 is 6.23. The number of rotatable bonds is 6. The van der Waals surface area contributed by atoms with Crippen molar-refractivity contribution in [1.29, 1.82) is 0 Å². The summed E-state index contributed by atoms with van der Waals surface area (Å²) in [5, 5.41) is 4.80. The summed E-state index contributed by atoms with van der Waals surface area (Å²) in [5.41, 5.74) is 1.91. The summed E-state index contributed by atoms with van der Waals surface area (Å²) in [4.78, 5) is 19.0. The van der Waals surface area contributed by atoms with Gasteiger partial charge in [-0.05, 0) is 24.6 Å². The molecule has 4 rings (SSSR count). The van der Waals surface area contributed by atoms with Crippen molar-refractivity contribution in [2.24, 2.45) is 0 Å². The molecule has 0 spiro atoms. The van der Waals surface area contributed by atoms with E-state index in [9.17, 15) is 4.79 Å². The molecule has 1 atom stereocenters. The van der Waals surface area contributed by atoms with Crippen molar-refractivity contribution in [3.05, 3.63) is 76.8 Å². The van der Waals surface area contributed by atoms with E-state index in [-0.39, 0.29) is 18.5 Å². The third-order valence-corrected chi connectivity index (χ3v) is 5.22. The van der Waals surface area contributed by atoms with Crippen molar-refractivity contribution in [2.75, 3.05) is 26.3 Å². The van der Waals surface area contributed by atoms with Gasteiger partial charge in [0.2, 0.25) is 0 Å². The van der Waals surface area contributed by atoms with Crippen LogP contribution < -0.4 is 0 Å². The summed E-state index contributed by atoms with van der Waals surface area (Å²) < 4.78 is 12.7. The molecule has 2 heterocycles. The molecule has 0 N–H and O–H groups in total. The van der Waals surface area contributed by atoms with Gasteiger partial charge in [-0.15, -0.1) is 5.10 Å². The first-order valence-electron chi connectivity index (χ1n) is 9.84. The smallest absolute Gasteiger partial charge is 0.378 e. The van der Waals surface area contributed by atoms with Crippen LogP contribution in [0.4, 0.5) is 0 Å². The van der Waals surface area contributed by atoms with Gasteiger partial charge in [-0.1, -0.05) is 54.1 Å². The molecular formula is C22H23ClN4O3. The lowest BCUT2D eigenvalue weighted by molar-refractivity contribution is -0.0614. The van der Waals surface area contributed by atoms with E-state index >= 15 is 0 Å². The van der Waals surface area contributed by atoms with E-state index in [1.165, 1.54) is 10.2 Å². The number of morpholine rings is 1. The Kier molecular flexibility index (Phi) is 6.42. The topological polar surface area (TPSA) is 69.5 Å². The van der Waals surface area contributed by atoms with Gasteiger partial charge >= 0.3 is 5.97 Å². The van der Waals surface area contributed by atoms with E-state index in [0.29, 0.717) is 29.7 Å². The largest absolute Gasteiger partial charge is 0.457 e. The average Bonchev–Trinajstić information content (AvgIpc) is 3.15. The Morgan fingerprint density at radius 3 is 2.77 bits per heavy atom. The number of halogens is 1. The van der Waals surface area contributed by atoms with E-state index in [0.717, 1.165) is 13.1 Å². The third kappa shape index (κ3) is 4.87. The van der Waals surface area contributed by atoms with Gasteiger partial charge in [0.1, 0.15) is 18.5 Å². The maximum atomic E-state index is 12.5. The predicted molar refractivity (Wildman–Crippen MR) is 113 cm³/mol. The van der Waals surface area contributed by atoms with Crippen LogP contribution in [0.5, 0.6) is 0 Å². The zero-order valence-electron chi connectivity index (χ0n) is 16.7. The molecular weight excluding hydrogens is 404 g/mol. The molecule has 0 radical (unpaired) electrons. The van der Waals surface area contributed by atoms with Gasteiger partial charge in [0.25, 0.3) is 5.82 Å². The Bertz CT molecular complexity index is 1010. The number of para-hydroxylation sites is 1. The van der Waals surface area contributed by atoms with E-state index in [1.807, 2.05) is 36.4 Å². The van der Waals surface area contributed by atoms with Crippen LogP contribution in [-0.2, 0) is 16.0 Å². The quantitative estimate of drug-likeness (QED) is 0.563. The maximum absolute atomic E-state index is 12.5. The highest BCUT2D eigenvalue weighted by atomic mass is 35.5. The van der Waals surface area contributed by atoms with Crippen LogP contribution in [0.3, 0.4) is 0 Å². The predicted octanol–water partition coefficient (Wildman–Crippen LogP) is 3.29. The molecule has 30 heavy (non-hydrogen) atoms. The molecule has 1 aliphatic rings. The fraction of sp³-hybridized carbons (Fsp3) is 0.318. The lowest BCUT2D eigenvalue weighted by Gasteiger charge is -2.32. The number of hydrogen-bond donors (Lipinski definition) is 0. The van der Waals surface area contributed by atoms with Crippen molar-refractivity contribution in [1.82, 2.24) is 19.7 Å². The number of ether oxygens (including phenoxy) is 2. The number of carbonyl (C=O) groups is 1. The van der Waals surface area contributed by atoms with Gasteiger partial charge in [-0.3, -0.25) is 4.90 Å². The van der Waals surface area contributed by atoms with Gasteiger partial charge in [-0.2, -0.15) is 0 Å². The molecule has 1 fully saturated rings. The second-order valence-corrected chi connectivity index (χ2v) is 7.57. The Morgan fingerprint density at radius 1 is 1.20 bits per heavy atom. The van der Waals surface area contributed by atoms with E-state index in [4.69, 9.17) is 21.1 Å². The molecule has 1 aromatic heterocycles. The molecule has 0 bridgehead atoms. The highest BCUT2D eigenvalue weighted by Gasteiger charge is 2.24. The van der Waals surface area contributed by atoms with Crippen molar-refractivity contribution in [2.45, 2.75) is 19.6 Å². The molecule has 1 saturated heterocycles. The number of benzene rings is 2. The van der Waals surface area contributed by atoms with Gasteiger partial charge in [0.15, 0.2) is 0 Å². The molecule has 1 aliphatic heterocycles. The highest BCUT2D eigenvalue weighted by Crippen LogP contribution is 2.20. The molecule has 0 aliphatic carbocycles. The van der Waals surface area contributed by atoms with Crippen LogP contribution in [0.25, 0.3) is 5.69 Å². The van der Waals surface area contributed by atoms with Gasteiger partial charge in [0.05, 0.1) is 17.3 Å². The summed E-state index contributed by atoms with van der Waals surface area (Å²) in [6.07, 6.45) is -0.182. The molecule has 0 saturated carbocycles. The van der Waals surface area contributed by atoms with Gasteiger partial charge in [-0.25, -0.2) is 14.5 Å². The highest BCUT2D eigenvalue weighted by molar-refractivity contribution is 6.32. The normalized spacial score (nSPS) is 17.1. The van der Waals surface area contributed by atoms with Crippen molar-refractivity contribution in [3.8, 4) is 5.69 Å². The number of aromatic nitrogens is 3. The van der Waals surface area contributed by atoms with Crippen LogP contribution >= 0.6 is 11.6 Å². The molecule has 0 amide bonds. The maximum Gasteiger partial charge on any atom is 0.378 e. The van der Waals surface area contributed by atoms with E-state index in [2.05, 4.69) is 27.1 Å². The first kappa shape index (κ1) is 20.5. The zero-order valence-corrected chi connectivity index (χ0v) is 17.5. The summed E-state index contributed by atoms with van der Waals surface area (Å²) in [5.74, 6) is -0.0185. The van der Waals surface area contributed by atoms with Crippen LogP contribution in [-0.4, -0.2) is 58.0 Å². The van der Waals surface area contributed by atoms with Crippen molar-refractivity contribution in [3.63, 3.8) is 0 Å². The lowest BCUT2D eigenvalue weighted by Crippen LogP contribution is -2.44. The van der Waals surface area contributed by atoms with E-state index < -0.39 is 5.97 Å². The summed E-state index contributed by atoms with van der Waals surface area (Å²) in [6.45, 7) is 4.92. The first-order chi connectivity index (χ1) is 14.6. The Balaban J connectivity index is 1.34. The minimum atomic E-state index is -0.576. The van der Waals surface area contributed by atoms with Gasteiger partial charge in [0, 0.05) is 19.6 Å². The summed E-state index contributed by atoms with van der Waals surface area (Å²) in [6, 6.07) is 17.5. The average molecular weight is 427 g/mol.